The van der Waals surface area contributed by atoms with Crippen LogP contribution in [-0.2, 0) is 0 Å². The molecular weight excluding hydrogens is 266 g/mol. The number of benzene rings is 1. The van der Waals surface area contributed by atoms with E-state index in [4.69, 9.17) is 5.84 Å². The number of nitrogens with two attached hydrogens (primary N) is 1. The van der Waals surface area contributed by atoms with Crippen LogP contribution in [0.2, 0.25) is 0 Å². The van der Waals surface area contributed by atoms with E-state index < -0.39 is 0 Å². The lowest BCUT2D eigenvalue weighted by Gasteiger charge is -2.09. The molecule has 6 heteroatoms. The first kappa shape index (κ1) is 15.0. The van der Waals surface area contributed by atoms with Crippen molar-refractivity contribution in [3.8, 4) is 11.3 Å². The fraction of sp³-hybridized carbons (Fsp3) is 0.400. The Kier molecular flexibility index (Phi) is 5.31. The van der Waals surface area contributed by atoms with Crippen molar-refractivity contribution >= 4 is 5.95 Å². The molecule has 1 aromatic carbocycles. The Labute approximate surface area is 124 Å². The van der Waals surface area contributed by atoms with Crippen LogP contribution in [0.5, 0.6) is 0 Å². The first-order chi connectivity index (χ1) is 10.2. The molecule has 0 aliphatic carbocycles. The summed E-state index contributed by atoms with van der Waals surface area (Å²) in [5.41, 5.74) is 0.616. The maximum Gasteiger partial charge on any atom is 0.300 e. The molecule has 0 unspecified atom stereocenters. The monoisotopic (exact) mass is 287 g/mol. The molecule has 0 fully saturated rings. The van der Waals surface area contributed by atoms with Crippen molar-refractivity contribution in [2.24, 2.45) is 0 Å². The maximum absolute atomic E-state index is 12.2. The van der Waals surface area contributed by atoms with Crippen LogP contribution in [0.15, 0.2) is 35.1 Å². The van der Waals surface area contributed by atoms with E-state index in [1.807, 2.05) is 30.3 Å². The molecule has 6 nitrogen and oxygen atoms in total. The Bertz CT molecular complexity index is 624. The summed E-state index contributed by atoms with van der Waals surface area (Å²) in [6.45, 7) is 2.90. The second-order valence-corrected chi connectivity index (χ2v) is 4.90. The number of rotatable bonds is 7. The van der Waals surface area contributed by atoms with Crippen molar-refractivity contribution in [1.82, 2.24) is 14.9 Å². The highest BCUT2D eigenvalue weighted by molar-refractivity contribution is 5.57. The van der Waals surface area contributed by atoms with E-state index in [1.54, 1.807) is 0 Å². The van der Waals surface area contributed by atoms with Crippen LogP contribution in [0.25, 0.3) is 11.3 Å². The van der Waals surface area contributed by atoms with Gasteiger partial charge in [-0.1, -0.05) is 56.5 Å². The van der Waals surface area contributed by atoms with Crippen molar-refractivity contribution in [2.45, 2.75) is 32.6 Å². The van der Waals surface area contributed by atoms with E-state index in [-0.39, 0.29) is 11.3 Å². The number of anilines is 1. The van der Waals surface area contributed by atoms with Crippen LogP contribution < -0.4 is 16.7 Å². The highest BCUT2D eigenvalue weighted by Gasteiger charge is 2.11. The molecule has 0 saturated carbocycles. The van der Waals surface area contributed by atoms with Gasteiger partial charge in [0.1, 0.15) is 0 Å². The Balaban J connectivity index is 2.09. The van der Waals surface area contributed by atoms with Crippen LogP contribution in [-0.4, -0.2) is 21.4 Å². The predicted molar refractivity (Wildman–Crippen MR) is 84.5 cm³/mol. The van der Waals surface area contributed by atoms with Crippen molar-refractivity contribution in [2.75, 3.05) is 17.7 Å². The minimum Gasteiger partial charge on any atom is -0.353 e. The van der Waals surface area contributed by atoms with E-state index in [0.29, 0.717) is 11.5 Å². The number of unbranched alkanes of at least 4 members (excludes halogenated alkanes) is 3. The van der Waals surface area contributed by atoms with E-state index >= 15 is 0 Å². The zero-order chi connectivity index (χ0) is 15.1. The Morgan fingerprint density at radius 3 is 2.62 bits per heavy atom. The van der Waals surface area contributed by atoms with Gasteiger partial charge in [0.25, 0.3) is 5.56 Å². The largest absolute Gasteiger partial charge is 0.353 e. The van der Waals surface area contributed by atoms with Crippen LogP contribution in [0.4, 0.5) is 5.95 Å². The van der Waals surface area contributed by atoms with Crippen molar-refractivity contribution in [3.05, 3.63) is 40.7 Å². The van der Waals surface area contributed by atoms with Gasteiger partial charge < -0.3 is 11.2 Å². The Hall–Kier alpha value is -2.37. The van der Waals surface area contributed by atoms with Crippen LogP contribution in [0.3, 0.4) is 0 Å². The van der Waals surface area contributed by atoms with Gasteiger partial charge >= 0.3 is 0 Å². The lowest BCUT2D eigenvalue weighted by molar-refractivity contribution is 0.679. The predicted octanol–water partition coefficient (Wildman–Crippen LogP) is 2.01. The molecule has 0 aliphatic heterocycles. The molecule has 21 heavy (non-hydrogen) atoms. The van der Waals surface area contributed by atoms with Crippen molar-refractivity contribution in [1.29, 1.82) is 0 Å². The van der Waals surface area contributed by atoms with E-state index in [0.717, 1.165) is 24.1 Å². The molecule has 0 atom stereocenters. The van der Waals surface area contributed by atoms with Crippen LogP contribution >= 0.6 is 0 Å². The molecule has 3 N–H and O–H groups in total. The van der Waals surface area contributed by atoms with E-state index in [2.05, 4.69) is 22.4 Å². The number of hydrogen-bond donors (Lipinski definition) is 2. The topological polar surface area (TPSA) is 85.8 Å². The molecular formula is C15H21N5O. The SMILES string of the molecule is CCCCCCNc1nnc(-c2ccccc2)c(=O)n1N. The van der Waals surface area contributed by atoms with Crippen molar-refractivity contribution < 1.29 is 0 Å². The zero-order valence-corrected chi connectivity index (χ0v) is 12.2. The second kappa shape index (κ2) is 7.42. The van der Waals surface area contributed by atoms with Gasteiger partial charge in [0.2, 0.25) is 5.95 Å². The van der Waals surface area contributed by atoms with Gasteiger partial charge in [-0.25, -0.2) is 0 Å². The number of nitrogens with one attached hydrogen (secondary N) is 1. The molecule has 0 spiro atoms. The fourth-order valence-corrected chi connectivity index (χ4v) is 2.05. The summed E-state index contributed by atoms with van der Waals surface area (Å²) >= 11 is 0. The van der Waals surface area contributed by atoms with Gasteiger partial charge in [0.05, 0.1) is 0 Å². The van der Waals surface area contributed by atoms with Gasteiger partial charge in [-0.3, -0.25) is 4.79 Å². The van der Waals surface area contributed by atoms with Gasteiger partial charge in [-0.05, 0) is 6.42 Å². The highest BCUT2D eigenvalue weighted by atomic mass is 16.1. The molecule has 0 amide bonds. The molecule has 112 valence electrons. The van der Waals surface area contributed by atoms with Gasteiger partial charge in [0.15, 0.2) is 5.69 Å². The quantitative estimate of drug-likeness (QED) is 0.601. The molecule has 0 saturated heterocycles. The fourth-order valence-electron chi connectivity index (χ4n) is 2.05. The molecule has 1 aromatic heterocycles. The average molecular weight is 287 g/mol. The molecule has 1 heterocycles. The third kappa shape index (κ3) is 3.81. The molecule has 0 radical (unpaired) electrons. The summed E-state index contributed by atoms with van der Waals surface area (Å²) in [4.78, 5) is 12.2. The molecule has 2 aromatic rings. The number of nitrogen functional groups attached to an aromatic ring is 1. The summed E-state index contributed by atoms with van der Waals surface area (Å²) in [5, 5.41) is 11.1. The van der Waals surface area contributed by atoms with Crippen LogP contribution in [0.1, 0.15) is 32.6 Å². The first-order valence-electron chi connectivity index (χ1n) is 7.28. The lowest BCUT2D eigenvalue weighted by Crippen LogP contribution is -2.33. The summed E-state index contributed by atoms with van der Waals surface area (Å²) in [6, 6.07) is 9.19. The summed E-state index contributed by atoms with van der Waals surface area (Å²) < 4.78 is 1.02. The minimum atomic E-state index is -0.354. The Morgan fingerprint density at radius 1 is 1.14 bits per heavy atom. The Morgan fingerprint density at radius 2 is 1.90 bits per heavy atom. The first-order valence-corrected chi connectivity index (χ1v) is 7.28. The highest BCUT2D eigenvalue weighted by Crippen LogP contribution is 2.11. The second-order valence-electron chi connectivity index (χ2n) is 4.90. The van der Waals surface area contributed by atoms with E-state index in [1.165, 1.54) is 12.8 Å². The molecule has 0 bridgehead atoms. The molecule has 2 rings (SSSR count). The summed E-state index contributed by atoms with van der Waals surface area (Å²) in [7, 11) is 0. The van der Waals surface area contributed by atoms with Gasteiger partial charge in [0, 0.05) is 12.1 Å². The number of nitrogens with zero attached hydrogens (tertiary/aromatic N) is 3. The normalized spacial score (nSPS) is 10.5. The van der Waals surface area contributed by atoms with E-state index in [9.17, 15) is 4.79 Å². The zero-order valence-electron chi connectivity index (χ0n) is 12.2. The molecule has 0 aliphatic rings. The third-order valence-corrected chi connectivity index (χ3v) is 3.25. The smallest absolute Gasteiger partial charge is 0.300 e. The lowest BCUT2D eigenvalue weighted by atomic mass is 10.2. The number of hydrogen-bond acceptors (Lipinski definition) is 5. The third-order valence-electron chi connectivity index (χ3n) is 3.25. The standard InChI is InChI=1S/C15H21N5O/c1-2-3-4-8-11-17-15-19-18-13(14(21)20(15)16)12-9-6-5-7-10-12/h5-7,9-10H,2-4,8,11,16H2,1H3,(H,17,19). The van der Waals surface area contributed by atoms with Gasteiger partial charge in [-0.2, -0.15) is 4.68 Å². The number of aromatic nitrogens is 3. The maximum atomic E-state index is 12.2. The summed E-state index contributed by atoms with van der Waals surface area (Å²) in [5.74, 6) is 6.10. The minimum absolute atomic E-state index is 0.259. The van der Waals surface area contributed by atoms with Crippen molar-refractivity contribution in [3.63, 3.8) is 0 Å². The average Bonchev–Trinajstić information content (AvgIpc) is 2.52. The summed E-state index contributed by atoms with van der Waals surface area (Å²) in [6.07, 6.45) is 4.56. The van der Waals surface area contributed by atoms with Crippen LogP contribution in [0, 0.1) is 0 Å². The van der Waals surface area contributed by atoms with Gasteiger partial charge in [-0.15, -0.1) is 10.2 Å².